The Morgan fingerprint density at radius 2 is 1.79 bits per heavy atom. The van der Waals surface area contributed by atoms with Crippen LogP contribution in [0.5, 0.6) is 0 Å². The van der Waals surface area contributed by atoms with Crippen molar-refractivity contribution >= 4 is 0 Å². The van der Waals surface area contributed by atoms with Gasteiger partial charge in [-0.15, -0.1) is 0 Å². The molecule has 0 aromatic rings. The van der Waals surface area contributed by atoms with Crippen LogP contribution in [0.2, 0.25) is 0 Å². The zero-order valence-corrected chi connectivity index (χ0v) is 13.2. The molecule has 1 N–H and O–H groups in total. The average molecular weight is 267 g/mol. The molecule has 0 saturated heterocycles. The monoisotopic (exact) mass is 267 g/mol. The first-order valence-electron chi connectivity index (χ1n) is 8.57. The summed E-state index contributed by atoms with van der Waals surface area (Å²) >= 11 is 0. The summed E-state index contributed by atoms with van der Waals surface area (Å²) < 4.78 is 5.69. The van der Waals surface area contributed by atoms with Gasteiger partial charge in [0.05, 0.1) is 6.10 Å². The Labute approximate surface area is 119 Å². The highest BCUT2D eigenvalue weighted by Gasteiger charge is 2.34. The second kappa shape index (κ2) is 7.64. The summed E-state index contributed by atoms with van der Waals surface area (Å²) in [5.74, 6) is 2.81. The first-order chi connectivity index (χ1) is 9.22. The fourth-order valence-electron chi connectivity index (χ4n) is 3.99. The van der Waals surface area contributed by atoms with E-state index in [2.05, 4.69) is 26.1 Å². The molecule has 0 aliphatic heterocycles. The normalized spacial score (nSPS) is 36.8. The number of nitrogens with one attached hydrogen (secondary N) is 1. The lowest BCUT2D eigenvalue weighted by atomic mass is 9.72. The third kappa shape index (κ3) is 4.46. The van der Waals surface area contributed by atoms with Crippen LogP contribution in [0.3, 0.4) is 0 Å². The minimum absolute atomic E-state index is 0.573. The number of hydrogen-bond donors (Lipinski definition) is 1. The molecular formula is C17H33NO. The Hall–Kier alpha value is -0.0800. The van der Waals surface area contributed by atoms with Crippen LogP contribution < -0.4 is 5.32 Å². The van der Waals surface area contributed by atoms with Gasteiger partial charge in [-0.05, 0) is 63.3 Å². The van der Waals surface area contributed by atoms with Crippen LogP contribution in [-0.2, 0) is 4.74 Å². The maximum Gasteiger partial charge on any atom is 0.0580 e. The topological polar surface area (TPSA) is 21.3 Å². The van der Waals surface area contributed by atoms with Crippen molar-refractivity contribution in [3.05, 3.63) is 0 Å². The third-order valence-corrected chi connectivity index (χ3v) is 5.28. The van der Waals surface area contributed by atoms with Gasteiger partial charge in [-0.2, -0.15) is 0 Å². The van der Waals surface area contributed by atoms with E-state index < -0.39 is 0 Å². The van der Waals surface area contributed by atoms with Crippen LogP contribution in [0.4, 0.5) is 0 Å². The summed E-state index contributed by atoms with van der Waals surface area (Å²) in [5.41, 5.74) is 0. The van der Waals surface area contributed by atoms with E-state index in [1.54, 1.807) is 0 Å². The molecule has 2 heteroatoms. The highest BCUT2D eigenvalue weighted by molar-refractivity contribution is 4.88. The van der Waals surface area contributed by atoms with E-state index >= 15 is 0 Å². The largest absolute Gasteiger partial charge is 0.378 e. The fourth-order valence-corrected chi connectivity index (χ4v) is 3.99. The first-order valence-corrected chi connectivity index (χ1v) is 8.57. The molecule has 0 amide bonds. The van der Waals surface area contributed by atoms with E-state index in [-0.39, 0.29) is 0 Å². The lowest BCUT2D eigenvalue weighted by Crippen LogP contribution is -2.42. The van der Waals surface area contributed by atoms with Crippen molar-refractivity contribution in [2.75, 3.05) is 13.2 Å². The van der Waals surface area contributed by atoms with Gasteiger partial charge in [0.2, 0.25) is 0 Å². The molecule has 2 saturated carbocycles. The second-order valence-corrected chi connectivity index (χ2v) is 6.83. The lowest BCUT2D eigenvalue weighted by Gasteiger charge is -2.40. The van der Waals surface area contributed by atoms with E-state index in [9.17, 15) is 0 Å². The molecule has 0 aromatic carbocycles. The summed E-state index contributed by atoms with van der Waals surface area (Å²) in [6.45, 7) is 8.78. The average Bonchev–Trinajstić information content (AvgIpc) is 2.36. The van der Waals surface area contributed by atoms with Crippen molar-refractivity contribution in [2.24, 2.45) is 17.8 Å². The molecule has 2 aliphatic carbocycles. The molecule has 19 heavy (non-hydrogen) atoms. The molecule has 2 rings (SSSR count). The highest BCUT2D eigenvalue weighted by Crippen LogP contribution is 2.38. The quantitative estimate of drug-likeness (QED) is 0.753. The molecule has 0 radical (unpaired) electrons. The van der Waals surface area contributed by atoms with Gasteiger partial charge in [0.25, 0.3) is 0 Å². The van der Waals surface area contributed by atoms with Crippen LogP contribution in [0.25, 0.3) is 0 Å². The van der Waals surface area contributed by atoms with Gasteiger partial charge in [0.1, 0.15) is 0 Å². The Morgan fingerprint density at radius 1 is 1.11 bits per heavy atom. The van der Waals surface area contributed by atoms with Gasteiger partial charge < -0.3 is 10.1 Å². The third-order valence-electron chi connectivity index (χ3n) is 5.28. The maximum absolute atomic E-state index is 5.69. The van der Waals surface area contributed by atoms with Gasteiger partial charge in [-0.3, -0.25) is 0 Å². The summed E-state index contributed by atoms with van der Waals surface area (Å²) in [6, 6.07) is 0.769. The first kappa shape index (κ1) is 15.3. The molecular weight excluding hydrogens is 234 g/mol. The van der Waals surface area contributed by atoms with Crippen molar-refractivity contribution in [2.45, 2.75) is 77.9 Å². The number of rotatable bonds is 7. The molecule has 0 bridgehead atoms. The summed E-state index contributed by atoms with van der Waals surface area (Å²) in [6.07, 6.45) is 10.3. The van der Waals surface area contributed by atoms with E-state index in [0.29, 0.717) is 6.10 Å². The van der Waals surface area contributed by atoms with Crippen LogP contribution in [0.15, 0.2) is 0 Å². The zero-order valence-electron chi connectivity index (χ0n) is 13.2. The molecule has 2 aliphatic rings. The molecule has 1 unspecified atom stereocenters. The lowest BCUT2D eigenvalue weighted by molar-refractivity contribution is -0.0314. The van der Waals surface area contributed by atoms with Gasteiger partial charge >= 0.3 is 0 Å². The van der Waals surface area contributed by atoms with Gasteiger partial charge in [-0.1, -0.05) is 26.7 Å². The van der Waals surface area contributed by atoms with Crippen molar-refractivity contribution < 1.29 is 4.74 Å². The van der Waals surface area contributed by atoms with Crippen LogP contribution in [-0.4, -0.2) is 25.3 Å². The fraction of sp³-hybridized carbons (Fsp3) is 1.00. The maximum atomic E-state index is 5.69. The molecule has 0 heterocycles. The number of ether oxygens (including phenoxy) is 1. The smallest absolute Gasteiger partial charge is 0.0580 e. The van der Waals surface area contributed by atoms with E-state index in [4.69, 9.17) is 4.74 Å². The number of hydrogen-bond acceptors (Lipinski definition) is 2. The minimum Gasteiger partial charge on any atom is -0.378 e. The van der Waals surface area contributed by atoms with Gasteiger partial charge in [-0.25, -0.2) is 0 Å². The standard InChI is InChI=1S/C17H33NO/c1-4-18-17(15-8-6-13(3)7-9-15)12-14-10-16(11-14)19-5-2/h13-18H,4-12H2,1-3H3. The predicted octanol–water partition coefficient (Wildman–Crippen LogP) is 4.00. The van der Waals surface area contributed by atoms with Crippen LogP contribution >= 0.6 is 0 Å². The van der Waals surface area contributed by atoms with Crippen molar-refractivity contribution in [3.8, 4) is 0 Å². The Morgan fingerprint density at radius 3 is 2.37 bits per heavy atom. The Bertz CT molecular complexity index is 242. The van der Waals surface area contributed by atoms with E-state index in [1.165, 1.54) is 44.9 Å². The second-order valence-electron chi connectivity index (χ2n) is 6.83. The van der Waals surface area contributed by atoms with Crippen LogP contribution in [0.1, 0.15) is 65.7 Å². The molecule has 112 valence electrons. The molecule has 2 fully saturated rings. The molecule has 1 atom stereocenters. The van der Waals surface area contributed by atoms with Crippen molar-refractivity contribution in [1.29, 1.82) is 0 Å². The van der Waals surface area contributed by atoms with Crippen molar-refractivity contribution in [1.82, 2.24) is 5.32 Å². The van der Waals surface area contributed by atoms with Gasteiger partial charge in [0.15, 0.2) is 0 Å². The predicted molar refractivity (Wildman–Crippen MR) is 81.3 cm³/mol. The van der Waals surface area contributed by atoms with Crippen molar-refractivity contribution in [3.63, 3.8) is 0 Å². The van der Waals surface area contributed by atoms with Gasteiger partial charge in [0, 0.05) is 12.6 Å². The SMILES string of the molecule is CCNC(CC1CC(OCC)C1)C1CCC(C)CC1. The van der Waals surface area contributed by atoms with E-state index in [1.807, 2.05) is 0 Å². The summed E-state index contributed by atoms with van der Waals surface area (Å²) in [5, 5.41) is 3.77. The summed E-state index contributed by atoms with van der Waals surface area (Å²) in [4.78, 5) is 0. The Kier molecular flexibility index (Phi) is 6.15. The summed E-state index contributed by atoms with van der Waals surface area (Å²) in [7, 11) is 0. The highest BCUT2D eigenvalue weighted by atomic mass is 16.5. The van der Waals surface area contributed by atoms with E-state index in [0.717, 1.165) is 36.9 Å². The molecule has 0 spiro atoms. The zero-order chi connectivity index (χ0) is 13.7. The minimum atomic E-state index is 0.573. The van der Waals surface area contributed by atoms with Crippen LogP contribution in [0, 0.1) is 17.8 Å². The molecule has 0 aromatic heterocycles. The molecule has 2 nitrogen and oxygen atoms in total. The Balaban J connectivity index is 1.74.